The van der Waals surface area contributed by atoms with Gasteiger partial charge in [0.25, 0.3) is 10.0 Å². The first-order chi connectivity index (χ1) is 16.2. The van der Waals surface area contributed by atoms with Gasteiger partial charge in [-0.25, -0.2) is 17.4 Å². The summed E-state index contributed by atoms with van der Waals surface area (Å²) in [5, 5.41) is 0.804. The van der Waals surface area contributed by atoms with Crippen LogP contribution in [-0.2, 0) is 10.0 Å². The maximum absolute atomic E-state index is 13.4. The van der Waals surface area contributed by atoms with Crippen molar-refractivity contribution < 1.29 is 8.42 Å². The predicted octanol–water partition coefficient (Wildman–Crippen LogP) is 4.42. The van der Waals surface area contributed by atoms with Crippen LogP contribution in [-0.4, -0.2) is 55.5 Å². The molecule has 0 unspecified atom stereocenters. The second kappa shape index (κ2) is 8.56. The number of fused-ring (bicyclic) bond motifs is 1. The van der Waals surface area contributed by atoms with Crippen molar-refractivity contribution in [2.45, 2.75) is 30.7 Å². The summed E-state index contributed by atoms with van der Waals surface area (Å²) in [4.78, 5) is 9.65. The summed E-state index contributed by atoms with van der Waals surface area (Å²) in [6, 6.07) is 21.8. The Bertz CT molecular complexity index is 1420. The van der Waals surface area contributed by atoms with Crippen LogP contribution in [0.25, 0.3) is 11.0 Å². The first kappa shape index (κ1) is 22.6. The zero-order valence-electron chi connectivity index (χ0n) is 20.0. The number of rotatable bonds is 5. The molecule has 1 aliphatic rings. The lowest BCUT2D eigenvalue weighted by Crippen LogP contribution is -2.34. The van der Waals surface area contributed by atoms with Crippen LogP contribution in [0.15, 0.2) is 77.8 Å². The highest BCUT2D eigenvalue weighted by molar-refractivity contribution is 7.90. The molecule has 0 aliphatic carbocycles. The van der Waals surface area contributed by atoms with E-state index in [1.54, 1.807) is 24.4 Å². The zero-order valence-corrected chi connectivity index (χ0v) is 20.8. The Labute approximate surface area is 201 Å². The molecule has 0 saturated carbocycles. The zero-order chi connectivity index (χ0) is 24.0. The van der Waals surface area contributed by atoms with E-state index in [4.69, 9.17) is 4.98 Å². The Morgan fingerprint density at radius 3 is 2.15 bits per heavy atom. The molecule has 2 aromatic carbocycles. The maximum atomic E-state index is 13.4. The lowest BCUT2D eigenvalue weighted by atomic mass is 9.93. The largest absolute Gasteiger partial charge is 0.354 e. The van der Waals surface area contributed by atoms with Crippen molar-refractivity contribution in [2.75, 3.05) is 32.1 Å². The molecular weight excluding hydrogens is 444 g/mol. The minimum absolute atomic E-state index is 0.260. The number of aromatic nitrogens is 2. The van der Waals surface area contributed by atoms with Gasteiger partial charge in [-0.05, 0) is 63.8 Å². The van der Waals surface area contributed by atoms with E-state index in [0.717, 1.165) is 29.9 Å². The Kier molecular flexibility index (Phi) is 5.70. The summed E-state index contributed by atoms with van der Waals surface area (Å²) >= 11 is 0. The van der Waals surface area contributed by atoms with E-state index in [1.807, 2.05) is 31.2 Å². The van der Waals surface area contributed by atoms with E-state index in [-0.39, 0.29) is 4.90 Å². The number of hydrogen-bond acceptors (Lipinski definition) is 5. The third kappa shape index (κ3) is 3.99. The van der Waals surface area contributed by atoms with Crippen LogP contribution >= 0.6 is 0 Å². The summed E-state index contributed by atoms with van der Waals surface area (Å²) in [6.07, 6.45) is 1.60. The van der Waals surface area contributed by atoms with Gasteiger partial charge in [-0.15, -0.1) is 0 Å². The van der Waals surface area contributed by atoms with Crippen molar-refractivity contribution in [3.8, 4) is 0 Å². The number of aryl methyl sites for hydroxylation is 2. The summed E-state index contributed by atoms with van der Waals surface area (Å²) in [7, 11) is 0.499. The molecule has 1 fully saturated rings. The molecule has 2 aromatic heterocycles. The highest BCUT2D eigenvalue weighted by Gasteiger charge is 2.36. The molecule has 0 radical (unpaired) electrons. The van der Waals surface area contributed by atoms with Crippen LogP contribution in [0.3, 0.4) is 0 Å². The fourth-order valence-electron chi connectivity index (χ4n) is 4.81. The summed E-state index contributed by atoms with van der Waals surface area (Å²) in [5.41, 5.74) is 4.04. The molecule has 176 valence electrons. The average Bonchev–Trinajstić information content (AvgIpc) is 3.45. The first-order valence-corrected chi connectivity index (χ1v) is 13.0. The topological polar surface area (TPSA) is 58.4 Å². The number of pyridine rings is 1. The molecule has 5 rings (SSSR count). The van der Waals surface area contributed by atoms with E-state index >= 15 is 0 Å². The molecule has 34 heavy (non-hydrogen) atoms. The van der Waals surface area contributed by atoms with Gasteiger partial charge in [0, 0.05) is 36.6 Å². The number of likely N-dealkylation sites (N-methyl/N-ethyl adjacent to an activating group) is 1. The van der Waals surface area contributed by atoms with Crippen LogP contribution in [0, 0.1) is 13.8 Å². The van der Waals surface area contributed by atoms with Gasteiger partial charge in [0.15, 0.2) is 5.65 Å². The number of benzene rings is 2. The maximum Gasteiger partial charge on any atom is 0.269 e. The van der Waals surface area contributed by atoms with Crippen LogP contribution < -0.4 is 4.90 Å². The van der Waals surface area contributed by atoms with Gasteiger partial charge in [0.2, 0.25) is 0 Å². The molecular formula is C27H30N4O2S. The lowest BCUT2D eigenvalue weighted by Gasteiger charge is -2.25. The van der Waals surface area contributed by atoms with Crippen LogP contribution in [0.5, 0.6) is 0 Å². The van der Waals surface area contributed by atoms with Crippen molar-refractivity contribution in [3.05, 3.63) is 89.6 Å². The van der Waals surface area contributed by atoms with Gasteiger partial charge in [-0.3, -0.25) is 0 Å². The van der Waals surface area contributed by atoms with Crippen molar-refractivity contribution >= 4 is 26.9 Å². The number of anilines is 1. The molecule has 4 aromatic rings. The van der Waals surface area contributed by atoms with Crippen molar-refractivity contribution in [1.82, 2.24) is 13.9 Å². The van der Waals surface area contributed by atoms with Gasteiger partial charge in [0.05, 0.1) is 4.90 Å². The van der Waals surface area contributed by atoms with Gasteiger partial charge < -0.3 is 9.80 Å². The Morgan fingerprint density at radius 1 is 0.853 bits per heavy atom. The third-order valence-corrected chi connectivity index (χ3v) is 8.53. The molecule has 7 heteroatoms. The SMILES string of the molecule is Cc1ccc([C@@H]2CN(c3ccc4ccn(S(=O)(=O)c5ccc(C)cc5)c4n3)C[C@H]2N(C)C)cc1. The molecule has 1 aliphatic heterocycles. The van der Waals surface area contributed by atoms with Crippen LogP contribution in [0.1, 0.15) is 22.6 Å². The minimum atomic E-state index is -3.73. The van der Waals surface area contributed by atoms with Crippen molar-refractivity contribution in [3.63, 3.8) is 0 Å². The summed E-state index contributed by atoms with van der Waals surface area (Å²) in [6.45, 7) is 5.70. The summed E-state index contributed by atoms with van der Waals surface area (Å²) in [5.74, 6) is 1.14. The van der Waals surface area contributed by atoms with Crippen LogP contribution in [0.4, 0.5) is 5.82 Å². The van der Waals surface area contributed by atoms with Crippen molar-refractivity contribution in [1.29, 1.82) is 0 Å². The Balaban J connectivity index is 1.51. The minimum Gasteiger partial charge on any atom is -0.354 e. The highest BCUT2D eigenvalue weighted by atomic mass is 32.2. The molecule has 0 N–H and O–H groups in total. The van der Waals surface area contributed by atoms with Crippen LogP contribution in [0.2, 0.25) is 0 Å². The standard InChI is InChI=1S/C27H30N4O2S/c1-19-5-9-21(10-6-19)24-17-30(18-25(24)29(3)4)26-14-11-22-15-16-31(27(22)28-26)34(32,33)23-12-7-20(2)8-13-23/h5-16,24-25H,17-18H2,1-4H3/t24-,25+/m0/s1. The number of nitrogens with zero attached hydrogens (tertiary/aromatic N) is 4. The van der Waals surface area contributed by atoms with Gasteiger partial charge in [0.1, 0.15) is 5.82 Å². The molecule has 0 spiro atoms. The number of hydrogen-bond donors (Lipinski definition) is 0. The second-order valence-corrected chi connectivity index (χ2v) is 11.3. The quantitative estimate of drug-likeness (QED) is 0.428. The Hall–Kier alpha value is -3.16. The van der Waals surface area contributed by atoms with Crippen molar-refractivity contribution in [2.24, 2.45) is 0 Å². The smallest absolute Gasteiger partial charge is 0.269 e. The van der Waals surface area contributed by atoms with E-state index in [0.29, 0.717) is 17.6 Å². The van der Waals surface area contributed by atoms with E-state index < -0.39 is 10.0 Å². The molecule has 3 heterocycles. The molecule has 0 amide bonds. The average molecular weight is 475 g/mol. The third-order valence-electron chi connectivity index (χ3n) is 6.85. The fraction of sp³-hybridized carbons (Fsp3) is 0.296. The predicted molar refractivity (Wildman–Crippen MR) is 137 cm³/mol. The first-order valence-electron chi connectivity index (χ1n) is 11.5. The highest BCUT2D eigenvalue weighted by Crippen LogP contribution is 2.34. The Morgan fingerprint density at radius 2 is 1.50 bits per heavy atom. The lowest BCUT2D eigenvalue weighted by molar-refractivity contribution is 0.292. The monoisotopic (exact) mass is 474 g/mol. The second-order valence-electron chi connectivity index (χ2n) is 9.47. The van der Waals surface area contributed by atoms with E-state index in [2.05, 4.69) is 55.1 Å². The normalized spacial score (nSPS) is 18.8. The molecule has 6 nitrogen and oxygen atoms in total. The van der Waals surface area contributed by atoms with Gasteiger partial charge >= 0.3 is 0 Å². The molecule has 0 bridgehead atoms. The van der Waals surface area contributed by atoms with E-state index in [1.165, 1.54) is 15.1 Å². The fourth-order valence-corrected chi connectivity index (χ4v) is 6.11. The van der Waals surface area contributed by atoms with Gasteiger partial charge in [-0.2, -0.15) is 0 Å². The molecule has 2 atom stereocenters. The van der Waals surface area contributed by atoms with Gasteiger partial charge in [-0.1, -0.05) is 47.5 Å². The van der Waals surface area contributed by atoms with E-state index in [9.17, 15) is 8.42 Å². The summed E-state index contributed by atoms with van der Waals surface area (Å²) < 4.78 is 28.0. The molecule has 1 saturated heterocycles.